The summed E-state index contributed by atoms with van der Waals surface area (Å²) in [5.41, 5.74) is 0. The maximum Gasteiger partial charge on any atom is 0.0412 e. The van der Waals surface area contributed by atoms with Crippen molar-refractivity contribution >= 4 is 42.3 Å². The van der Waals surface area contributed by atoms with Crippen LogP contribution in [0.3, 0.4) is 0 Å². The molecule has 0 aromatic carbocycles. The lowest BCUT2D eigenvalue weighted by Crippen LogP contribution is -1.96. The summed E-state index contributed by atoms with van der Waals surface area (Å²) in [7, 11) is 0.103. The highest BCUT2D eigenvalue weighted by molar-refractivity contribution is 9.09. The lowest BCUT2D eigenvalue weighted by atomic mass is 10.4. The van der Waals surface area contributed by atoms with Crippen molar-refractivity contribution in [2.45, 2.75) is 45.3 Å². The first-order valence-electron chi connectivity index (χ1n) is 4.47. The van der Waals surface area contributed by atoms with Crippen molar-refractivity contribution in [3.63, 3.8) is 0 Å². The molecule has 0 aliphatic heterocycles. The lowest BCUT2D eigenvalue weighted by Gasteiger charge is -1.96. The summed E-state index contributed by atoms with van der Waals surface area (Å²) in [6, 6.07) is 1.50. The van der Waals surface area contributed by atoms with Crippen LogP contribution >= 0.6 is 28.1 Å². The van der Waals surface area contributed by atoms with Crippen molar-refractivity contribution in [2.24, 2.45) is 0 Å². The van der Waals surface area contributed by atoms with Crippen molar-refractivity contribution < 1.29 is 0 Å². The Bertz CT molecular complexity index is 86.6. The molecule has 3 heteroatoms. The number of unbranched alkanes of at least 4 members (excludes halogenated alkanes) is 1. The van der Waals surface area contributed by atoms with E-state index in [1.165, 1.54) is 18.9 Å². The van der Waals surface area contributed by atoms with Crippen molar-refractivity contribution in [2.75, 3.05) is 5.33 Å². The van der Waals surface area contributed by atoms with Crippen molar-refractivity contribution in [1.82, 2.24) is 0 Å². The van der Waals surface area contributed by atoms with Gasteiger partial charge in [-0.25, -0.2) is 0 Å². The fourth-order valence-corrected chi connectivity index (χ4v) is 2.29. The third kappa shape index (κ3) is 22.4. The Kier molecular flexibility index (Phi) is 18.2. The minimum absolute atomic E-state index is 0.103. The van der Waals surface area contributed by atoms with Crippen LogP contribution in [0.4, 0.5) is 0 Å². The number of alkyl halides is 1. The number of thiocarbonyl (C=S) groups is 1. The van der Waals surface area contributed by atoms with Crippen LogP contribution in [0.15, 0.2) is 0 Å². The second kappa shape index (κ2) is 14.3. The van der Waals surface area contributed by atoms with Crippen LogP contribution in [0.1, 0.15) is 26.2 Å². The average Bonchev–Trinajstić information content (AvgIpc) is 2.03. The molecule has 12 heavy (non-hydrogen) atoms. The molecule has 0 spiro atoms. The first-order valence-corrected chi connectivity index (χ1v) is 8.77. The molecule has 0 bridgehead atoms. The van der Waals surface area contributed by atoms with Gasteiger partial charge in [0, 0.05) is 14.1 Å². The summed E-state index contributed by atoms with van der Waals surface area (Å²) in [6.07, 6.45) is 3.81. The fourth-order valence-electron chi connectivity index (χ4n) is 0.575. The number of halogens is 1. The third-order valence-electron chi connectivity index (χ3n) is 1.26. The molecule has 0 saturated heterocycles. The smallest absolute Gasteiger partial charge is 0.0412 e. The summed E-state index contributed by atoms with van der Waals surface area (Å²) >= 11 is 7.71. The van der Waals surface area contributed by atoms with E-state index >= 15 is 0 Å². The van der Waals surface area contributed by atoms with Gasteiger partial charge in [0.2, 0.25) is 0 Å². The molecule has 73 valence electrons. The third-order valence-corrected chi connectivity index (χ3v) is 3.30. The summed E-state index contributed by atoms with van der Waals surface area (Å²) in [5, 5.41) is 2.71. The molecule has 0 aromatic heterocycles. The molecule has 0 unspecified atom stereocenters. The van der Waals surface area contributed by atoms with E-state index in [4.69, 9.17) is 0 Å². The van der Waals surface area contributed by atoms with Gasteiger partial charge >= 0.3 is 0 Å². The van der Waals surface area contributed by atoms with Gasteiger partial charge in [-0.15, -0.1) is 0 Å². The highest BCUT2D eigenvalue weighted by Crippen LogP contribution is 1.98. The molecule has 0 rings (SSSR count). The Labute approximate surface area is 92.9 Å². The predicted molar refractivity (Wildman–Crippen MR) is 69.3 cm³/mol. The SMILES string of the molecule is CCCC[Si](C)C.S=CCCBr. The molecular formula is C9H20BrSSi. The van der Waals surface area contributed by atoms with E-state index in [-0.39, 0.29) is 8.80 Å². The first-order chi connectivity index (χ1) is 5.68. The Hall–Kier alpha value is 0.787. The van der Waals surface area contributed by atoms with Gasteiger partial charge in [-0.1, -0.05) is 67.1 Å². The van der Waals surface area contributed by atoms with Gasteiger partial charge in [-0.05, 0) is 11.8 Å². The quantitative estimate of drug-likeness (QED) is 0.407. The number of rotatable bonds is 5. The minimum Gasteiger partial charge on any atom is -0.0935 e. The van der Waals surface area contributed by atoms with E-state index in [9.17, 15) is 0 Å². The molecule has 0 nitrogen and oxygen atoms in total. The van der Waals surface area contributed by atoms with Gasteiger partial charge in [0.05, 0.1) is 0 Å². The Morgan fingerprint density at radius 1 is 1.42 bits per heavy atom. The predicted octanol–water partition coefficient (Wildman–Crippen LogP) is 4.31. The molecule has 0 heterocycles. The van der Waals surface area contributed by atoms with Gasteiger partial charge < -0.3 is 0 Å². The summed E-state index contributed by atoms with van der Waals surface area (Å²) in [4.78, 5) is 0. The van der Waals surface area contributed by atoms with Crippen molar-refractivity contribution in [3.8, 4) is 0 Å². The zero-order valence-electron chi connectivity index (χ0n) is 8.40. The Balaban J connectivity index is 0. The lowest BCUT2D eigenvalue weighted by molar-refractivity contribution is 0.875. The van der Waals surface area contributed by atoms with E-state index in [0.717, 1.165) is 11.8 Å². The van der Waals surface area contributed by atoms with E-state index in [1.807, 2.05) is 0 Å². The monoisotopic (exact) mass is 267 g/mol. The molecule has 0 aliphatic carbocycles. The summed E-state index contributed by atoms with van der Waals surface area (Å²) in [6.45, 7) is 7.01. The van der Waals surface area contributed by atoms with E-state index < -0.39 is 0 Å². The standard InChI is InChI=1S/C6H15Si.C3H5BrS/c1-4-5-6-7(2)3;4-2-1-3-5/h4-6H2,1-3H3;3H,1-2H2. The minimum atomic E-state index is 0.103. The van der Waals surface area contributed by atoms with Crippen molar-refractivity contribution in [3.05, 3.63) is 0 Å². The van der Waals surface area contributed by atoms with Gasteiger partial charge in [-0.2, -0.15) is 0 Å². The summed E-state index contributed by atoms with van der Waals surface area (Å²) < 4.78 is 0. The van der Waals surface area contributed by atoms with Gasteiger partial charge in [-0.3, -0.25) is 0 Å². The van der Waals surface area contributed by atoms with Crippen LogP contribution in [0.2, 0.25) is 19.1 Å². The largest absolute Gasteiger partial charge is 0.0935 e. The molecule has 0 amide bonds. The molecule has 0 aliphatic rings. The van der Waals surface area contributed by atoms with Gasteiger partial charge in [0.15, 0.2) is 0 Å². The molecule has 0 fully saturated rings. The molecule has 1 radical (unpaired) electrons. The Morgan fingerprint density at radius 2 is 2.00 bits per heavy atom. The molecule has 0 atom stereocenters. The maximum absolute atomic E-state index is 4.50. The fraction of sp³-hybridized carbons (Fsp3) is 0.889. The van der Waals surface area contributed by atoms with Crippen LogP contribution in [-0.4, -0.2) is 19.5 Å². The Morgan fingerprint density at radius 3 is 2.08 bits per heavy atom. The van der Waals surface area contributed by atoms with Crippen LogP contribution < -0.4 is 0 Å². The van der Waals surface area contributed by atoms with E-state index in [2.05, 4.69) is 48.2 Å². The number of hydrogen-bond acceptors (Lipinski definition) is 1. The molecule has 0 N–H and O–H groups in total. The zero-order chi connectivity index (χ0) is 9.82. The van der Waals surface area contributed by atoms with Crippen LogP contribution in [-0.2, 0) is 0 Å². The topological polar surface area (TPSA) is 0 Å². The van der Waals surface area contributed by atoms with Gasteiger partial charge in [0.1, 0.15) is 0 Å². The molecule has 0 saturated carbocycles. The van der Waals surface area contributed by atoms with Crippen LogP contribution in [0.5, 0.6) is 0 Å². The first kappa shape index (κ1) is 15.3. The normalized spacial score (nSPS) is 9.08. The van der Waals surface area contributed by atoms with E-state index in [1.54, 1.807) is 5.37 Å². The van der Waals surface area contributed by atoms with Gasteiger partial charge in [0.25, 0.3) is 0 Å². The van der Waals surface area contributed by atoms with E-state index in [0.29, 0.717) is 0 Å². The molecule has 0 aromatic rings. The second-order valence-corrected chi connectivity index (χ2v) is 7.00. The second-order valence-electron chi connectivity index (χ2n) is 2.95. The van der Waals surface area contributed by atoms with Crippen molar-refractivity contribution in [1.29, 1.82) is 0 Å². The number of hydrogen-bond donors (Lipinski definition) is 0. The summed E-state index contributed by atoms with van der Waals surface area (Å²) in [5.74, 6) is 0. The average molecular weight is 268 g/mol. The highest BCUT2D eigenvalue weighted by atomic mass is 79.9. The van der Waals surface area contributed by atoms with Crippen LogP contribution in [0, 0.1) is 0 Å². The highest BCUT2D eigenvalue weighted by Gasteiger charge is 1.91. The van der Waals surface area contributed by atoms with Crippen LogP contribution in [0.25, 0.3) is 0 Å². The zero-order valence-corrected chi connectivity index (χ0v) is 11.8. The molecular weight excluding hydrogens is 248 g/mol. The maximum atomic E-state index is 4.50.